The van der Waals surface area contributed by atoms with Crippen LogP contribution in [0.1, 0.15) is 27.2 Å². The molecule has 1 N–H and O–H groups in total. The smallest absolute Gasteiger partial charge is 0.0970 e. The Bertz CT molecular complexity index is 163. The minimum atomic E-state index is -0.921. The molecule has 0 aliphatic carbocycles. The van der Waals surface area contributed by atoms with Crippen molar-refractivity contribution < 1.29 is 4.21 Å². The normalized spacial score (nSPS) is 14.9. The molecular weight excluding hydrogens is 184 g/mol. The van der Waals surface area contributed by atoms with E-state index in [9.17, 15) is 4.21 Å². The molecule has 4 heteroatoms. The third-order valence-electron chi connectivity index (χ3n) is 1.57. The van der Waals surface area contributed by atoms with E-state index in [-0.39, 0.29) is 4.75 Å². The molecule has 0 aromatic rings. The van der Waals surface area contributed by atoms with Crippen LogP contribution in [0.5, 0.6) is 0 Å². The predicted molar refractivity (Wildman–Crippen MR) is 59.1 cm³/mol. The second-order valence-electron chi connectivity index (χ2n) is 4.43. The van der Waals surface area contributed by atoms with Gasteiger partial charge in [-0.25, -0.2) is 8.93 Å². The second-order valence-corrected chi connectivity index (χ2v) is 6.48. The van der Waals surface area contributed by atoms with Crippen molar-refractivity contribution in [3.63, 3.8) is 0 Å². The van der Waals surface area contributed by atoms with E-state index >= 15 is 0 Å². The first-order valence-electron chi connectivity index (χ1n) is 4.64. The summed E-state index contributed by atoms with van der Waals surface area (Å²) in [4.78, 5) is 2.13. The molecule has 0 aliphatic rings. The SMILES string of the molecule is CN(C)CCCNS(=O)C(C)(C)C. The summed E-state index contributed by atoms with van der Waals surface area (Å²) in [5.41, 5.74) is 0. The maximum absolute atomic E-state index is 11.5. The molecule has 0 saturated carbocycles. The van der Waals surface area contributed by atoms with Crippen molar-refractivity contribution in [2.45, 2.75) is 31.9 Å². The highest BCUT2D eigenvalue weighted by Crippen LogP contribution is 2.08. The largest absolute Gasteiger partial charge is 0.309 e. The zero-order valence-corrected chi connectivity index (χ0v) is 10.2. The summed E-state index contributed by atoms with van der Waals surface area (Å²) in [6, 6.07) is 0. The Hall–Kier alpha value is 0.0700. The van der Waals surface area contributed by atoms with E-state index in [1.165, 1.54) is 0 Å². The third kappa shape index (κ3) is 7.16. The summed E-state index contributed by atoms with van der Waals surface area (Å²) in [6.45, 7) is 7.78. The lowest BCUT2D eigenvalue weighted by atomic mass is 10.3. The van der Waals surface area contributed by atoms with Gasteiger partial charge in [-0.1, -0.05) is 0 Å². The Labute approximate surface area is 84.5 Å². The number of nitrogens with one attached hydrogen (secondary N) is 1. The van der Waals surface area contributed by atoms with Crippen LogP contribution in [-0.4, -0.2) is 41.0 Å². The molecule has 0 amide bonds. The monoisotopic (exact) mass is 206 g/mol. The van der Waals surface area contributed by atoms with Gasteiger partial charge in [0.25, 0.3) is 0 Å². The topological polar surface area (TPSA) is 32.3 Å². The molecule has 0 heterocycles. The van der Waals surface area contributed by atoms with Gasteiger partial charge in [0.15, 0.2) is 0 Å². The Morgan fingerprint density at radius 2 is 1.85 bits per heavy atom. The van der Waals surface area contributed by atoms with Crippen LogP contribution < -0.4 is 4.72 Å². The van der Waals surface area contributed by atoms with Crippen LogP contribution >= 0.6 is 0 Å². The molecule has 0 aromatic carbocycles. The first-order valence-corrected chi connectivity index (χ1v) is 5.79. The Balaban J connectivity index is 3.49. The fourth-order valence-corrected chi connectivity index (χ4v) is 1.54. The summed E-state index contributed by atoms with van der Waals surface area (Å²) in [5.74, 6) is 0. The maximum atomic E-state index is 11.5. The predicted octanol–water partition coefficient (Wildman–Crippen LogP) is 0.990. The third-order valence-corrected chi connectivity index (χ3v) is 3.15. The fraction of sp³-hybridized carbons (Fsp3) is 1.00. The van der Waals surface area contributed by atoms with Gasteiger partial charge in [-0.3, -0.25) is 0 Å². The molecule has 0 radical (unpaired) electrons. The van der Waals surface area contributed by atoms with E-state index in [4.69, 9.17) is 0 Å². The van der Waals surface area contributed by atoms with Crippen LogP contribution in [-0.2, 0) is 11.0 Å². The molecule has 13 heavy (non-hydrogen) atoms. The highest BCUT2D eigenvalue weighted by atomic mass is 32.2. The van der Waals surface area contributed by atoms with Crippen LogP contribution in [0.3, 0.4) is 0 Å². The lowest BCUT2D eigenvalue weighted by Crippen LogP contribution is -2.34. The molecular formula is C9H22N2OS. The number of hydrogen-bond donors (Lipinski definition) is 1. The highest BCUT2D eigenvalue weighted by molar-refractivity contribution is 7.84. The average molecular weight is 206 g/mol. The van der Waals surface area contributed by atoms with Crippen molar-refractivity contribution in [3.8, 4) is 0 Å². The molecule has 0 aromatic heterocycles. The molecule has 0 aliphatic heterocycles. The first kappa shape index (κ1) is 13.1. The lowest BCUT2D eigenvalue weighted by Gasteiger charge is -2.18. The molecule has 1 atom stereocenters. The minimum Gasteiger partial charge on any atom is -0.309 e. The minimum absolute atomic E-state index is 0.155. The van der Waals surface area contributed by atoms with Gasteiger partial charge in [0.05, 0.1) is 15.7 Å². The van der Waals surface area contributed by atoms with Crippen LogP contribution in [0.25, 0.3) is 0 Å². The second kappa shape index (κ2) is 5.73. The number of hydrogen-bond acceptors (Lipinski definition) is 2. The Morgan fingerprint density at radius 3 is 2.23 bits per heavy atom. The summed E-state index contributed by atoms with van der Waals surface area (Å²) < 4.78 is 14.4. The van der Waals surface area contributed by atoms with Crippen LogP contribution in [0, 0.1) is 0 Å². The van der Waals surface area contributed by atoms with Crippen molar-refractivity contribution in [1.29, 1.82) is 0 Å². The van der Waals surface area contributed by atoms with Gasteiger partial charge in [0, 0.05) is 6.54 Å². The van der Waals surface area contributed by atoms with Crippen LogP contribution in [0.2, 0.25) is 0 Å². The van der Waals surface area contributed by atoms with Crippen LogP contribution in [0.4, 0.5) is 0 Å². The Morgan fingerprint density at radius 1 is 1.31 bits per heavy atom. The molecule has 0 rings (SSSR count). The fourth-order valence-electron chi connectivity index (χ4n) is 0.777. The van der Waals surface area contributed by atoms with Gasteiger partial charge >= 0.3 is 0 Å². The van der Waals surface area contributed by atoms with Crippen molar-refractivity contribution in [2.75, 3.05) is 27.2 Å². The molecule has 0 spiro atoms. The Kier molecular flexibility index (Phi) is 5.76. The van der Waals surface area contributed by atoms with Gasteiger partial charge < -0.3 is 4.90 Å². The molecule has 0 saturated heterocycles. The van der Waals surface area contributed by atoms with Gasteiger partial charge in [0.2, 0.25) is 0 Å². The molecule has 0 bridgehead atoms. The summed E-state index contributed by atoms with van der Waals surface area (Å²) in [7, 11) is 3.16. The zero-order valence-electron chi connectivity index (χ0n) is 9.39. The van der Waals surface area contributed by atoms with E-state index in [0.29, 0.717) is 0 Å². The van der Waals surface area contributed by atoms with Crippen molar-refractivity contribution in [2.24, 2.45) is 0 Å². The van der Waals surface area contributed by atoms with Crippen molar-refractivity contribution >= 4 is 11.0 Å². The maximum Gasteiger partial charge on any atom is 0.0970 e. The molecule has 1 unspecified atom stereocenters. The van der Waals surface area contributed by atoms with E-state index in [0.717, 1.165) is 19.5 Å². The highest BCUT2D eigenvalue weighted by Gasteiger charge is 2.18. The van der Waals surface area contributed by atoms with Gasteiger partial charge in [0.1, 0.15) is 0 Å². The van der Waals surface area contributed by atoms with Crippen molar-refractivity contribution in [3.05, 3.63) is 0 Å². The summed E-state index contributed by atoms with van der Waals surface area (Å²) >= 11 is 0. The van der Waals surface area contributed by atoms with E-state index in [1.54, 1.807) is 0 Å². The molecule has 80 valence electrons. The molecule has 3 nitrogen and oxygen atoms in total. The van der Waals surface area contributed by atoms with E-state index < -0.39 is 11.0 Å². The molecule has 0 fully saturated rings. The zero-order chi connectivity index (χ0) is 10.5. The van der Waals surface area contributed by atoms with E-state index in [2.05, 4.69) is 9.62 Å². The standard InChI is InChI=1S/C9H22N2OS/c1-9(2,3)13(12)10-7-6-8-11(4)5/h10H,6-8H2,1-5H3. The van der Waals surface area contributed by atoms with Gasteiger partial charge in [-0.15, -0.1) is 0 Å². The van der Waals surface area contributed by atoms with Gasteiger partial charge in [-0.2, -0.15) is 0 Å². The quantitative estimate of drug-likeness (QED) is 0.680. The average Bonchev–Trinajstić information content (AvgIpc) is 1.95. The number of nitrogens with zero attached hydrogens (tertiary/aromatic N) is 1. The van der Waals surface area contributed by atoms with Gasteiger partial charge in [-0.05, 0) is 47.8 Å². The van der Waals surface area contributed by atoms with Crippen molar-refractivity contribution in [1.82, 2.24) is 9.62 Å². The van der Waals surface area contributed by atoms with E-state index in [1.807, 2.05) is 34.9 Å². The lowest BCUT2D eigenvalue weighted by molar-refractivity contribution is 0.400. The first-order chi connectivity index (χ1) is 5.84. The van der Waals surface area contributed by atoms with Crippen LogP contribution in [0.15, 0.2) is 0 Å². The number of rotatable bonds is 5. The summed E-state index contributed by atoms with van der Waals surface area (Å²) in [6.07, 6.45) is 1.04. The summed E-state index contributed by atoms with van der Waals surface area (Å²) in [5, 5.41) is 0.